The first-order valence-electron chi connectivity index (χ1n) is 7.53. The molecule has 0 radical (unpaired) electrons. The lowest BCUT2D eigenvalue weighted by atomic mass is 10.3. The van der Waals surface area contributed by atoms with Gasteiger partial charge in [-0.25, -0.2) is 4.98 Å². The molecule has 0 fully saturated rings. The normalized spacial score (nSPS) is 10.8. The number of nitrogens with zero attached hydrogens (tertiary/aromatic N) is 3. The molecular weight excluding hydrogens is 376 g/mol. The summed E-state index contributed by atoms with van der Waals surface area (Å²) in [6.45, 7) is 3.80. The summed E-state index contributed by atoms with van der Waals surface area (Å²) in [5.41, 5.74) is 0.235. The maximum atomic E-state index is 12.5. The van der Waals surface area contributed by atoms with Crippen molar-refractivity contribution in [1.82, 2.24) is 15.2 Å². The molecular formula is C16H16N4O2S3. The van der Waals surface area contributed by atoms with Crippen molar-refractivity contribution in [2.24, 2.45) is 0 Å². The van der Waals surface area contributed by atoms with Crippen LogP contribution in [0, 0.1) is 0 Å². The quantitative estimate of drug-likeness (QED) is 0.476. The molecule has 0 bridgehead atoms. The van der Waals surface area contributed by atoms with Crippen molar-refractivity contribution in [1.29, 1.82) is 0 Å². The average molecular weight is 393 g/mol. The maximum absolute atomic E-state index is 12.5. The highest BCUT2D eigenvalue weighted by Crippen LogP contribution is 2.30. The second-order valence-electron chi connectivity index (χ2n) is 5.21. The van der Waals surface area contributed by atoms with Crippen LogP contribution < -0.4 is 10.1 Å². The summed E-state index contributed by atoms with van der Waals surface area (Å²) in [6.07, 6.45) is 1.52. The third kappa shape index (κ3) is 5.00. The Balaban J connectivity index is 1.63. The van der Waals surface area contributed by atoms with Crippen LogP contribution in [-0.4, -0.2) is 27.2 Å². The number of rotatable bonds is 7. The molecule has 3 rings (SSSR count). The molecule has 9 heteroatoms. The molecule has 3 aromatic heterocycles. The van der Waals surface area contributed by atoms with E-state index in [1.165, 1.54) is 16.2 Å². The summed E-state index contributed by atoms with van der Waals surface area (Å²) in [5, 5.41) is 13.4. The van der Waals surface area contributed by atoms with Gasteiger partial charge in [-0.05, 0) is 37.4 Å². The van der Waals surface area contributed by atoms with Gasteiger partial charge in [0.05, 0.1) is 6.10 Å². The molecule has 0 unspecified atom stereocenters. The van der Waals surface area contributed by atoms with Gasteiger partial charge in [0, 0.05) is 16.8 Å². The smallest absolute Gasteiger partial charge is 0.279 e. The van der Waals surface area contributed by atoms with Gasteiger partial charge in [0.25, 0.3) is 5.91 Å². The van der Waals surface area contributed by atoms with Crippen LogP contribution in [0.15, 0.2) is 40.2 Å². The fourth-order valence-corrected chi connectivity index (χ4v) is 4.43. The Morgan fingerprint density at radius 2 is 2.20 bits per heavy atom. The number of hydrogen-bond acceptors (Lipinski definition) is 8. The minimum Gasteiger partial charge on any atom is -0.489 e. The summed E-state index contributed by atoms with van der Waals surface area (Å²) in [5.74, 6) is 0.932. The van der Waals surface area contributed by atoms with Gasteiger partial charge in [-0.1, -0.05) is 29.2 Å². The number of ether oxygens (including phenoxy) is 1. The van der Waals surface area contributed by atoms with Crippen molar-refractivity contribution in [2.45, 2.75) is 30.0 Å². The third-order valence-corrected chi connectivity index (χ3v) is 5.97. The lowest BCUT2D eigenvalue weighted by molar-refractivity contribution is 0.101. The molecule has 0 atom stereocenters. The number of amides is 1. The molecule has 6 nitrogen and oxygen atoms in total. The van der Waals surface area contributed by atoms with Crippen LogP contribution in [0.2, 0.25) is 0 Å². The Hall–Kier alpha value is -1.97. The highest BCUT2D eigenvalue weighted by Gasteiger charge is 2.17. The molecule has 3 aromatic rings. The predicted molar refractivity (Wildman–Crippen MR) is 102 cm³/mol. The second-order valence-corrected chi connectivity index (χ2v) is 8.44. The number of thioether (sulfide) groups is 1. The number of hydrogen-bond donors (Lipinski definition) is 1. The van der Waals surface area contributed by atoms with Gasteiger partial charge in [-0.15, -0.1) is 21.5 Å². The van der Waals surface area contributed by atoms with E-state index in [9.17, 15) is 4.79 Å². The molecule has 1 N–H and O–H groups in total. The van der Waals surface area contributed by atoms with Crippen LogP contribution in [-0.2, 0) is 5.75 Å². The average Bonchev–Trinajstić information content (AvgIpc) is 3.24. The van der Waals surface area contributed by atoms with Gasteiger partial charge < -0.3 is 4.74 Å². The Bertz CT molecular complexity index is 834. The SMILES string of the molecule is CC(C)Oc1cccnc1C(=O)Nc1nnc(SCc2cccs2)s1. The van der Waals surface area contributed by atoms with Crippen molar-refractivity contribution in [3.05, 3.63) is 46.4 Å². The van der Waals surface area contributed by atoms with Crippen LogP contribution in [0.1, 0.15) is 29.2 Å². The van der Waals surface area contributed by atoms with Crippen molar-refractivity contribution < 1.29 is 9.53 Å². The highest BCUT2D eigenvalue weighted by atomic mass is 32.2. The summed E-state index contributed by atoms with van der Waals surface area (Å²) >= 11 is 4.65. The number of anilines is 1. The van der Waals surface area contributed by atoms with Crippen molar-refractivity contribution >= 4 is 45.5 Å². The number of carbonyl (C=O) groups excluding carboxylic acids is 1. The zero-order chi connectivity index (χ0) is 17.6. The van der Waals surface area contributed by atoms with E-state index in [0.717, 1.165) is 10.1 Å². The Morgan fingerprint density at radius 3 is 2.96 bits per heavy atom. The van der Waals surface area contributed by atoms with Gasteiger partial charge in [0.1, 0.15) is 0 Å². The summed E-state index contributed by atoms with van der Waals surface area (Å²) < 4.78 is 6.44. The first-order valence-corrected chi connectivity index (χ1v) is 10.2. The molecule has 0 aromatic carbocycles. The molecule has 25 heavy (non-hydrogen) atoms. The fourth-order valence-electron chi connectivity index (χ4n) is 1.91. The van der Waals surface area contributed by atoms with E-state index in [1.807, 2.05) is 25.3 Å². The predicted octanol–water partition coefficient (Wildman–Crippen LogP) is 4.33. The van der Waals surface area contributed by atoms with E-state index in [1.54, 1.807) is 41.4 Å². The minimum atomic E-state index is -0.359. The first kappa shape index (κ1) is 17.8. The van der Waals surface area contributed by atoms with Crippen LogP contribution in [0.5, 0.6) is 5.75 Å². The Kier molecular flexibility index (Phi) is 6.00. The standard InChI is InChI=1S/C16H16N4O2S3/c1-10(2)22-12-6-3-7-17-13(12)14(21)18-15-19-20-16(25-15)24-9-11-5-4-8-23-11/h3-8,10H,9H2,1-2H3,(H,18,19,21). The van der Waals surface area contributed by atoms with E-state index in [0.29, 0.717) is 10.9 Å². The van der Waals surface area contributed by atoms with E-state index in [2.05, 4.69) is 26.6 Å². The van der Waals surface area contributed by atoms with Crippen LogP contribution in [0.25, 0.3) is 0 Å². The lowest BCUT2D eigenvalue weighted by Crippen LogP contribution is -2.17. The summed E-state index contributed by atoms with van der Waals surface area (Å²) in [4.78, 5) is 17.8. The third-order valence-electron chi connectivity index (χ3n) is 2.89. The molecule has 0 spiro atoms. The van der Waals surface area contributed by atoms with Crippen LogP contribution in [0.3, 0.4) is 0 Å². The molecule has 0 saturated heterocycles. The number of pyridine rings is 1. The summed E-state index contributed by atoms with van der Waals surface area (Å²) in [6, 6.07) is 7.57. The largest absolute Gasteiger partial charge is 0.489 e. The van der Waals surface area contributed by atoms with Gasteiger partial charge in [-0.2, -0.15) is 0 Å². The topological polar surface area (TPSA) is 77.0 Å². The lowest BCUT2D eigenvalue weighted by Gasteiger charge is -2.12. The number of carbonyl (C=O) groups is 1. The van der Waals surface area contributed by atoms with E-state index >= 15 is 0 Å². The fraction of sp³-hybridized carbons (Fsp3) is 0.250. The number of aromatic nitrogens is 3. The van der Waals surface area contributed by atoms with Gasteiger partial charge in [0.15, 0.2) is 15.8 Å². The van der Waals surface area contributed by atoms with E-state index < -0.39 is 0 Å². The number of thiophene rings is 1. The Morgan fingerprint density at radius 1 is 1.32 bits per heavy atom. The van der Waals surface area contributed by atoms with E-state index in [4.69, 9.17) is 4.74 Å². The van der Waals surface area contributed by atoms with Gasteiger partial charge >= 0.3 is 0 Å². The number of nitrogens with one attached hydrogen (secondary N) is 1. The molecule has 0 aliphatic heterocycles. The van der Waals surface area contributed by atoms with Crippen LogP contribution in [0.4, 0.5) is 5.13 Å². The Labute approximate surface area is 157 Å². The van der Waals surface area contributed by atoms with Crippen LogP contribution >= 0.6 is 34.4 Å². The zero-order valence-electron chi connectivity index (χ0n) is 13.6. The second kappa shape index (κ2) is 8.41. The minimum absolute atomic E-state index is 0.0440. The molecule has 130 valence electrons. The summed E-state index contributed by atoms with van der Waals surface area (Å²) in [7, 11) is 0. The first-order chi connectivity index (χ1) is 12.1. The van der Waals surface area contributed by atoms with Crippen molar-refractivity contribution in [3.8, 4) is 5.75 Å². The van der Waals surface area contributed by atoms with Crippen molar-refractivity contribution in [2.75, 3.05) is 5.32 Å². The maximum Gasteiger partial charge on any atom is 0.279 e. The highest BCUT2D eigenvalue weighted by molar-refractivity contribution is 8.00. The molecule has 3 heterocycles. The molecule has 0 aliphatic carbocycles. The van der Waals surface area contributed by atoms with Gasteiger partial charge in [0.2, 0.25) is 5.13 Å². The van der Waals surface area contributed by atoms with E-state index in [-0.39, 0.29) is 17.7 Å². The molecule has 1 amide bonds. The monoisotopic (exact) mass is 392 g/mol. The van der Waals surface area contributed by atoms with Gasteiger partial charge in [-0.3, -0.25) is 10.1 Å². The molecule has 0 saturated carbocycles. The van der Waals surface area contributed by atoms with Crippen molar-refractivity contribution in [3.63, 3.8) is 0 Å². The molecule has 0 aliphatic rings. The zero-order valence-corrected chi connectivity index (χ0v) is 16.1.